The molecule has 1 aromatic carbocycles. The molecular weight excluding hydrogens is 288 g/mol. The maximum atomic E-state index is 12.7. The second-order valence-corrected chi connectivity index (χ2v) is 7.54. The van der Waals surface area contributed by atoms with Crippen LogP contribution in [-0.2, 0) is 10.0 Å². The molecule has 3 rings (SSSR count). The molecule has 112 valence electrons. The number of aryl methyl sites for hydroxylation is 1. The number of hydrogen-bond acceptors (Lipinski definition) is 4. The molecule has 1 saturated heterocycles. The molecule has 0 radical (unpaired) electrons. The van der Waals surface area contributed by atoms with Crippen molar-refractivity contribution in [2.45, 2.75) is 30.8 Å². The fraction of sp³-hybridized carbons (Fsp3) is 0.400. The van der Waals surface area contributed by atoms with Gasteiger partial charge in [0, 0.05) is 24.7 Å². The van der Waals surface area contributed by atoms with Crippen LogP contribution in [0.25, 0.3) is 10.9 Å². The maximum Gasteiger partial charge on any atom is 0.243 e. The van der Waals surface area contributed by atoms with E-state index in [0.29, 0.717) is 17.3 Å². The molecule has 0 aliphatic carbocycles. The highest BCUT2D eigenvalue weighted by Gasteiger charge is 2.46. The Hall–Kier alpha value is -1.50. The first kappa shape index (κ1) is 14.4. The van der Waals surface area contributed by atoms with Crippen molar-refractivity contribution in [2.24, 2.45) is 0 Å². The van der Waals surface area contributed by atoms with Crippen LogP contribution in [0, 0.1) is 6.92 Å². The van der Waals surface area contributed by atoms with Gasteiger partial charge in [-0.3, -0.25) is 4.98 Å². The molecule has 1 aromatic heterocycles. The van der Waals surface area contributed by atoms with Crippen molar-refractivity contribution < 1.29 is 13.5 Å². The molecule has 2 heterocycles. The summed E-state index contributed by atoms with van der Waals surface area (Å²) in [5.74, 6) is 0. The van der Waals surface area contributed by atoms with E-state index in [4.69, 9.17) is 0 Å². The van der Waals surface area contributed by atoms with E-state index in [1.54, 1.807) is 30.5 Å². The molecule has 6 heteroatoms. The lowest BCUT2D eigenvalue weighted by atomic mass is 9.94. The van der Waals surface area contributed by atoms with Crippen LogP contribution in [0.3, 0.4) is 0 Å². The van der Waals surface area contributed by atoms with Gasteiger partial charge in [-0.1, -0.05) is 13.0 Å². The largest absolute Gasteiger partial charge is 0.387 e. The Balaban J connectivity index is 2.07. The molecule has 0 saturated carbocycles. The van der Waals surface area contributed by atoms with E-state index in [1.807, 2.05) is 13.8 Å². The lowest BCUT2D eigenvalue weighted by Gasteiger charge is -2.44. The van der Waals surface area contributed by atoms with Gasteiger partial charge in [0.05, 0.1) is 16.0 Å². The van der Waals surface area contributed by atoms with E-state index in [9.17, 15) is 13.5 Å². The molecule has 1 aliphatic heterocycles. The van der Waals surface area contributed by atoms with Crippen molar-refractivity contribution >= 4 is 20.9 Å². The zero-order valence-electron chi connectivity index (χ0n) is 12.1. The number of β-amino-alcohol motifs (C(OH)–C–C–N with tert-alkyl or cyclic N) is 1. The fourth-order valence-corrected chi connectivity index (χ4v) is 4.44. The van der Waals surface area contributed by atoms with Gasteiger partial charge in [0.1, 0.15) is 0 Å². The molecule has 5 nitrogen and oxygen atoms in total. The third kappa shape index (κ3) is 2.23. The molecule has 1 fully saturated rings. The normalized spacial score (nSPS) is 18.6. The van der Waals surface area contributed by atoms with Gasteiger partial charge in [-0.05, 0) is 37.1 Å². The highest BCUT2D eigenvalue weighted by atomic mass is 32.2. The first-order valence-electron chi connectivity index (χ1n) is 6.94. The number of hydrogen-bond donors (Lipinski definition) is 1. The first-order chi connectivity index (χ1) is 9.87. The Morgan fingerprint density at radius 3 is 2.71 bits per heavy atom. The van der Waals surface area contributed by atoms with Gasteiger partial charge in [-0.25, -0.2) is 8.42 Å². The second-order valence-electron chi connectivity index (χ2n) is 5.63. The monoisotopic (exact) mass is 306 g/mol. The average Bonchev–Trinajstić information content (AvgIpc) is 2.44. The molecule has 2 aromatic rings. The zero-order chi connectivity index (χ0) is 15.3. The van der Waals surface area contributed by atoms with Gasteiger partial charge in [-0.2, -0.15) is 4.31 Å². The predicted molar refractivity (Wildman–Crippen MR) is 80.5 cm³/mol. The average molecular weight is 306 g/mol. The minimum absolute atomic E-state index is 0.154. The summed E-state index contributed by atoms with van der Waals surface area (Å²) < 4.78 is 26.8. The van der Waals surface area contributed by atoms with Crippen LogP contribution in [0.15, 0.2) is 35.4 Å². The van der Waals surface area contributed by atoms with Gasteiger partial charge in [-0.15, -0.1) is 0 Å². The Kier molecular flexibility index (Phi) is 3.27. The van der Waals surface area contributed by atoms with Crippen molar-refractivity contribution in [1.29, 1.82) is 0 Å². The molecule has 0 bridgehead atoms. The summed E-state index contributed by atoms with van der Waals surface area (Å²) in [6, 6.07) is 6.90. The van der Waals surface area contributed by atoms with Crippen LogP contribution in [0.2, 0.25) is 0 Å². The molecule has 0 unspecified atom stereocenters. The van der Waals surface area contributed by atoms with Crippen molar-refractivity contribution in [2.75, 3.05) is 13.1 Å². The highest BCUT2D eigenvalue weighted by Crippen LogP contribution is 2.33. The van der Waals surface area contributed by atoms with Crippen LogP contribution >= 0.6 is 0 Å². The van der Waals surface area contributed by atoms with E-state index >= 15 is 0 Å². The van der Waals surface area contributed by atoms with Gasteiger partial charge in [0.25, 0.3) is 0 Å². The van der Waals surface area contributed by atoms with Gasteiger partial charge < -0.3 is 5.11 Å². The van der Waals surface area contributed by atoms with Crippen LogP contribution in [0.1, 0.15) is 18.9 Å². The molecule has 21 heavy (non-hydrogen) atoms. The van der Waals surface area contributed by atoms with Gasteiger partial charge in [0.2, 0.25) is 10.0 Å². The van der Waals surface area contributed by atoms with Crippen LogP contribution in [0.5, 0.6) is 0 Å². The van der Waals surface area contributed by atoms with Gasteiger partial charge in [0.15, 0.2) is 0 Å². The topological polar surface area (TPSA) is 70.5 Å². The number of sulfonamides is 1. The number of nitrogens with zero attached hydrogens (tertiary/aromatic N) is 2. The Labute approximate surface area is 124 Å². The number of pyridine rings is 1. The van der Waals surface area contributed by atoms with Crippen molar-refractivity contribution in [1.82, 2.24) is 9.29 Å². The summed E-state index contributed by atoms with van der Waals surface area (Å²) in [5, 5.41) is 10.7. The molecule has 0 spiro atoms. The van der Waals surface area contributed by atoms with Crippen LogP contribution in [-0.4, -0.2) is 41.5 Å². The summed E-state index contributed by atoms with van der Waals surface area (Å²) in [6.07, 6.45) is 2.21. The lowest BCUT2D eigenvalue weighted by Crippen LogP contribution is -2.62. The zero-order valence-corrected chi connectivity index (χ0v) is 12.9. The third-order valence-corrected chi connectivity index (χ3v) is 6.00. The number of aromatic nitrogens is 1. The molecule has 1 N–H and O–H groups in total. The van der Waals surface area contributed by atoms with Crippen molar-refractivity contribution in [3.8, 4) is 0 Å². The minimum atomic E-state index is -3.59. The van der Waals surface area contributed by atoms with Crippen LogP contribution < -0.4 is 0 Å². The first-order valence-corrected chi connectivity index (χ1v) is 8.38. The Morgan fingerprint density at radius 1 is 1.33 bits per heavy atom. The van der Waals surface area contributed by atoms with E-state index in [1.165, 1.54) is 4.31 Å². The van der Waals surface area contributed by atoms with Crippen molar-refractivity contribution in [3.05, 3.63) is 36.0 Å². The molecule has 0 amide bonds. The second kappa shape index (κ2) is 4.76. The van der Waals surface area contributed by atoms with E-state index in [-0.39, 0.29) is 18.0 Å². The SMILES string of the molecule is CCC1(O)CN(S(=O)(=O)c2ccc(C)c3ncccc23)C1. The number of aliphatic hydroxyl groups is 1. The molecule has 1 aliphatic rings. The molecular formula is C15H18N2O3S. The number of benzene rings is 1. The summed E-state index contributed by atoms with van der Waals surface area (Å²) in [4.78, 5) is 4.53. The number of fused-ring (bicyclic) bond motifs is 1. The highest BCUT2D eigenvalue weighted by molar-refractivity contribution is 7.89. The Morgan fingerprint density at radius 2 is 2.05 bits per heavy atom. The predicted octanol–water partition coefficient (Wildman–Crippen LogP) is 1.69. The third-order valence-electron chi connectivity index (χ3n) is 4.15. The standard InChI is InChI=1S/C15H18N2O3S/c1-3-15(18)9-17(10-15)21(19,20)13-7-6-11(2)14-12(13)5-4-8-16-14/h4-8,18H,3,9-10H2,1-2H3. The van der Waals surface area contributed by atoms with Crippen LogP contribution in [0.4, 0.5) is 0 Å². The van der Waals surface area contributed by atoms with E-state index < -0.39 is 15.6 Å². The van der Waals surface area contributed by atoms with E-state index in [0.717, 1.165) is 5.56 Å². The summed E-state index contributed by atoms with van der Waals surface area (Å²) >= 11 is 0. The van der Waals surface area contributed by atoms with E-state index in [2.05, 4.69) is 4.98 Å². The quantitative estimate of drug-likeness (QED) is 0.937. The summed E-state index contributed by atoms with van der Waals surface area (Å²) in [7, 11) is -3.59. The van der Waals surface area contributed by atoms with Gasteiger partial charge >= 0.3 is 0 Å². The minimum Gasteiger partial charge on any atom is -0.387 e. The summed E-state index contributed by atoms with van der Waals surface area (Å²) in [5.41, 5.74) is 0.759. The maximum absolute atomic E-state index is 12.7. The fourth-order valence-electron chi connectivity index (χ4n) is 2.66. The van der Waals surface area contributed by atoms with Crippen molar-refractivity contribution in [3.63, 3.8) is 0 Å². The lowest BCUT2D eigenvalue weighted by molar-refractivity contribution is -0.0613. The summed E-state index contributed by atoms with van der Waals surface area (Å²) in [6.45, 7) is 4.07. The smallest absolute Gasteiger partial charge is 0.243 e. The Bertz CT molecular complexity index is 796. The molecule has 0 atom stereocenters. The number of rotatable bonds is 3.